The minimum absolute atomic E-state index is 0.205. The molecular formula is C78H120O7. The smallest absolute Gasteiger partial charge is 0.119 e. The van der Waals surface area contributed by atoms with Crippen LogP contribution >= 0.6 is 0 Å². The van der Waals surface area contributed by atoms with Gasteiger partial charge in [0.15, 0.2) is 0 Å². The molecular weight excluding hydrogens is 1050 g/mol. The molecule has 0 radical (unpaired) electrons. The van der Waals surface area contributed by atoms with Crippen LogP contribution < -0.4 is 18.9 Å². The third kappa shape index (κ3) is 23.5. The normalized spacial score (nSPS) is 17.0. The Morgan fingerprint density at radius 3 is 0.894 bits per heavy atom. The Morgan fingerprint density at radius 1 is 0.376 bits per heavy atom. The number of benzene rings is 6. The van der Waals surface area contributed by atoms with E-state index >= 15 is 0 Å². The highest BCUT2D eigenvalue weighted by Gasteiger charge is 2.45. The molecule has 6 aromatic rings. The Bertz CT molecular complexity index is 2370. The zero-order chi connectivity index (χ0) is 63.3. The van der Waals surface area contributed by atoms with Crippen LogP contribution in [0.4, 0.5) is 0 Å². The molecule has 4 fully saturated rings. The number of rotatable bonds is 20. The first-order valence-electron chi connectivity index (χ1n) is 33.9. The van der Waals surface area contributed by atoms with Crippen molar-refractivity contribution < 1.29 is 33.5 Å². The van der Waals surface area contributed by atoms with E-state index in [9.17, 15) is 5.11 Å². The number of aliphatic hydroxyl groups excluding tert-OH is 1. The Labute approximate surface area is 521 Å². The van der Waals surface area contributed by atoms with Crippen LogP contribution in [0.15, 0.2) is 158 Å². The van der Waals surface area contributed by atoms with E-state index in [2.05, 4.69) is 153 Å². The predicted octanol–water partition coefficient (Wildman–Crippen LogP) is 21.5. The molecule has 1 N–H and O–H groups in total. The van der Waals surface area contributed by atoms with Crippen LogP contribution in [-0.4, -0.2) is 63.1 Å². The average molecular weight is 1170 g/mol. The van der Waals surface area contributed by atoms with Crippen LogP contribution in [0.2, 0.25) is 0 Å². The van der Waals surface area contributed by atoms with Gasteiger partial charge in [-0.05, 0) is 133 Å². The van der Waals surface area contributed by atoms with Gasteiger partial charge in [-0.15, -0.1) is 0 Å². The van der Waals surface area contributed by atoms with Crippen LogP contribution in [0.1, 0.15) is 229 Å². The standard InChI is InChI=1S/C31H36O4.C31H36O3.8C2H6/c1-23(32)20-33-28-16-12-26(13-17-28)31(24-8-4-2-5-9-24,25-10-6-3-7-11-25)27-14-18-29(19-15-27)34-21-30-22-35-30;1-2-21-32-28-17-13-26(14-18-28)31(24-9-5-3-6-10-24,25-11-7-4-8-12-25)27-15-19-29(20-16-27)33-22-30-23-34-30;8*1-2/h2,4-5,8-9,12-19,23,25,30,32H,3,6-7,10-11,20-22H2,1H3;3,5-6,9-10,13-20,25,30H,2,4,7-8,11-12,21-23H2,1H3;8*1-2H3. The molecule has 0 aromatic heterocycles. The minimum Gasteiger partial charge on any atom is -0.494 e. The zero-order valence-electron chi connectivity index (χ0n) is 56.8. The fourth-order valence-electron chi connectivity index (χ4n) is 11.3. The monoisotopic (exact) mass is 1170 g/mol. The van der Waals surface area contributed by atoms with E-state index in [1.54, 1.807) is 6.92 Å². The van der Waals surface area contributed by atoms with Crippen LogP contribution in [0.3, 0.4) is 0 Å². The molecule has 6 aromatic carbocycles. The lowest BCUT2D eigenvalue weighted by molar-refractivity contribution is 0.122. The molecule has 2 aliphatic heterocycles. The van der Waals surface area contributed by atoms with E-state index in [1.807, 2.05) is 123 Å². The van der Waals surface area contributed by atoms with Gasteiger partial charge in [0.2, 0.25) is 0 Å². The van der Waals surface area contributed by atoms with Gasteiger partial charge in [0.1, 0.15) is 55.0 Å². The number of hydrogen-bond acceptors (Lipinski definition) is 7. The Hall–Kier alpha value is -5.60. The molecule has 10 rings (SSSR count). The summed E-state index contributed by atoms with van der Waals surface area (Å²) < 4.78 is 34.2. The summed E-state index contributed by atoms with van der Waals surface area (Å²) in [7, 11) is 0. The van der Waals surface area contributed by atoms with Gasteiger partial charge in [0.25, 0.3) is 0 Å². The van der Waals surface area contributed by atoms with Gasteiger partial charge in [0, 0.05) is 10.8 Å². The molecule has 2 heterocycles. The Morgan fingerprint density at radius 2 is 0.635 bits per heavy atom. The summed E-state index contributed by atoms with van der Waals surface area (Å²) >= 11 is 0. The lowest BCUT2D eigenvalue weighted by Gasteiger charge is -2.44. The number of aliphatic hydroxyl groups is 1. The predicted molar refractivity (Wildman–Crippen MR) is 366 cm³/mol. The van der Waals surface area contributed by atoms with Crippen LogP contribution in [0.25, 0.3) is 0 Å². The van der Waals surface area contributed by atoms with Gasteiger partial charge >= 0.3 is 0 Å². The summed E-state index contributed by atoms with van der Waals surface area (Å²) in [5.74, 6) is 4.56. The third-order valence-corrected chi connectivity index (χ3v) is 14.8. The Balaban J connectivity index is 0.000000689. The van der Waals surface area contributed by atoms with E-state index in [-0.39, 0.29) is 23.0 Å². The number of hydrogen-bond donors (Lipinski definition) is 1. The van der Waals surface area contributed by atoms with Gasteiger partial charge in [0.05, 0.1) is 25.9 Å². The van der Waals surface area contributed by atoms with Gasteiger partial charge in [-0.25, -0.2) is 0 Å². The first-order chi connectivity index (χ1) is 42.0. The molecule has 2 saturated carbocycles. The first-order valence-corrected chi connectivity index (χ1v) is 33.9. The van der Waals surface area contributed by atoms with E-state index in [4.69, 9.17) is 28.4 Å². The van der Waals surface area contributed by atoms with Crippen LogP contribution in [-0.2, 0) is 20.3 Å². The topological polar surface area (TPSA) is 82.2 Å². The molecule has 7 nitrogen and oxygen atoms in total. The molecule has 0 bridgehead atoms. The molecule has 2 aliphatic carbocycles. The highest BCUT2D eigenvalue weighted by molar-refractivity contribution is 5.55. The summed E-state index contributed by atoms with van der Waals surface area (Å²) in [5.41, 5.74) is 7.47. The lowest BCUT2D eigenvalue weighted by Crippen LogP contribution is -2.39. The van der Waals surface area contributed by atoms with Gasteiger partial charge in [-0.1, -0.05) is 265 Å². The average Bonchev–Trinajstić information content (AvgIpc) is 2.37. The van der Waals surface area contributed by atoms with Gasteiger partial charge < -0.3 is 33.5 Å². The summed E-state index contributed by atoms with van der Waals surface area (Å²) in [6.07, 6.45) is 13.7. The molecule has 5 atom stereocenters. The molecule has 85 heavy (non-hydrogen) atoms. The zero-order valence-corrected chi connectivity index (χ0v) is 56.8. The molecule has 474 valence electrons. The van der Waals surface area contributed by atoms with Gasteiger partial charge in [-0.2, -0.15) is 0 Å². The quantitative estimate of drug-likeness (QED) is 0.0602. The minimum atomic E-state index is -0.493. The highest BCUT2D eigenvalue weighted by Crippen LogP contribution is 2.52. The van der Waals surface area contributed by atoms with Crippen molar-refractivity contribution >= 4 is 0 Å². The second-order valence-corrected chi connectivity index (χ2v) is 19.7. The molecule has 7 heteroatoms. The highest BCUT2D eigenvalue weighted by atomic mass is 16.6. The van der Waals surface area contributed by atoms with E-state index in [0.29, 0.717) is 31.7 Å². The van der Waals surface area contributed by atoms with Crippen molar-refractivity contribution in [1.82, 2.24) is 0 Å². The summed E-state index contributed by atoms with van der Waals surface area (Å²) in [4.78, 5) is 0. The van der Waals surface area contributed by atoms with Crippen molar-refractivity contribution in [1.29, 1.82) is 0 Å². The fourth-order valence-corrected chi connectivity index (χ4v) is 11.3. The maximum atomic E-state index is 9.62. The van der Waals surface area contributed by atoms with Crippen molar-refractivity contribution in [3.05, 3.63) is 191 Å². The Kier molecular flexibility index (Phi) is 42.4. The summed E-state index contributed by atoms with van der Waals surface area (Å²) in [6.45, 7) is 39.8. The molecule has 0 amide bonds. The maximum absolute atomic E-state index is 9.62. The van der Waals surface area contributed by atoms with E-state index in [0.717, 1.165) is 49.2 Å². The van der Waals surface area contributed by atoms with Gasteiger partial charge in [-0.3, -0.25) is 0 Å². The van der Waals surface area contributed by atoms with Crippen molar-refractivity contribution in [2.24, 2.45) is 11.8 Å². The summed E-state index contributed by atoms with van der Waals surface area (Å²) in [5, 5.41) is 9.62. The molecule has 0 spiro atoms. The van der Waals surface area contributed by atoms with Crippen LogP contribution in [0.5, 0.6) is 23.0 Å². The third-order valence-electron chi connectivity index (χ3n) is 14.8. The number of ether oxygens (including phenoxy) is 6. The largest absolute Gasteiger partial charge is 0.494 e. The maximum Gasteiger partial charge on any atom is 0.119 e. The molecule has 2 saturated heterocycles. The van der Waals surface area contributed by atoms with Crippen molar-refractivity contribution in [2.75, 3.05) is 39.6 Å². The van der Waals surface area contributed by atoms with Crippen LogP contribution in [0, 0.1) is 11.8 Å². The SMILES string of the molecule is CC.CC.CC.CC.CC.CC.CC.CC.CC(O)COc1ccc(C(c2ccccc2)(c2ccc(OCC3CO3)cc2)C2CCCCC2)cc1.CCCOc1ccc(C(c2ccccc2)(c2ccc(OCC3CO3)cc2)C2CCCCC2)cc1. The number of epoxide rings is 2. The molecule has 4 aliphatic rings. The van der Waals surface area contributed by atoms with Crippen molar-refractivity contribution in [3.63, 3.8) is 0 Å². The lowest BCUT2D eigenvalue weighted by atomic mass is 9.58. The first kappa shape index (κ1) is 77.4. The summed E-state index contributed by atoms with van der Waals surface area (Å²) in [6, 6.07) is 57.0. The second kappa shape index (κ2) is 46.6. The second-order valence-electron chi connectivity index (χ2n) is 19.7. The van der Waals surface area contributed by atoms with E-state index in [1.165, 1.54) is 97.6 Å². The fraction of sp³-hybridized carbons (Fsp3) is 0.538. The van der Waals surface area contributed by atoms with E-state index < -0.39 is 6.10 Å². The van der Waals surface area contributed by atoms with Crippen molar-refractivity contribution in [3.8, 4) is 23.0 Å². The van der Waals surface area contributed by atoms with Crippen molar-refractivity contribution in [2.45, 2.75) is 224 Å². The molecule has 5 unspecified atom stereocenters.